The average molecular weight is 246 g/mol. The second-order valence-electron chi connectivity index (χ2n) is 4.29. The number of hydrogen-bond donors (Lipinski definition) is 1. The minimum Gasteiger partial charge on any atom is -0.393 e. The van der Waals surface area contributed by atoms with Gasteiger partial charge in [-0.05, 0) is 32.6 Å². The van der Waals surface area contributed by atoms with Gasteiger partial charge in [0.05, 0.1) is 12.2 Å². The first-order valence-corrected chi connectivity index (χ1v) is 6.96. The molecule has 16 heavy (non-hydrogen) atoms. The molecule has 0 spiro atoms. The minimum absolute atomic E-state index is 0.170. The van der Waals surface area contributed by atoms with Gasteiger partial charge in [-0.1, -0.05) is 0 Å². The molecule has 1 N–H and O–H groups in total. The lowest BCUT2D eigenvalue weighted by Crippen LogP contribution is -2.43. The minimum atomic E-state index is -3.47. The zero-order chi connectivity index (χ0) is 12.3. The third kappa shape index (κ3) is 2.73. The summed E-state index contributed by atoms with van der Waals surface area (Å²) in [7, 11) is -3.47. The van der Waals surface area contributed by atoms with Gasteiger partial charge >= 0.3 is 0 Å². The van der Waals surface area contributed by atoms with Gasteiger partial charge in [-0.25, -0.2) is 12.7 Å². The van der Waals surface area contributed by atoms with Crippen LogP contribution in [0.4, 0.5) is 0 Å². The normalized spacial score (nSPS) is 23.6. The highest BCUT2D eigenvalue weighted by molar-refractivity contribution is 7.89. The van der Waals surface area contributed by atoms with Crippen LogP contribution in [-0.4, -0.2) is 42.3 Å². The van der Waals surface area contributed by atoms with E-state index in [0.717, 1.165) is 0 Å². The molecule has 0 amide bonds. The average Bonchev–Trinajstić information content (AvgIpc) is 2.28. The Hall–Kier alpha value is -0.640. The molecule has 0 saturated carbocycles. The van der Waals surface area contributed by atoms with Crippen molar-refractivity contribution in [3.8, 4) is 6.07 Å². The van der Waals surface area contributed by atoms with Crippen LogP contribution in [0, 0.1) is 17.2 Å². The van der Waals surface area contributed by atoms with Crippen molar-refractivity contribution in [2.24, 2.45) is 5.92 Å². The smallest absolute Gasteiger partial charge is 0.230 e. The molecule has 1 rings (SSSR count). The predicted molar refractivity (Wildman–Crippen MR) is 60.0 cm³/mol. The number of rotatable bonds is 3. The van der Waals surface area contributed by atoms with E-state index in [4.69, 9.17) is 5.26 Å². The molecule has 5 nitrogen and oxygen atoms in total. The first-order chi connectivity index (χ1) is 7.39. The van der Waals surface area contributed by atoms with E-state index < -0.39 is 21.4 Å². The lowest BCUT2D eigenvalue weighted by molar-refractivity contribution is 0.0911. The van der Waals surface area contributed by atoms with Crippen LogP contribution < -0.4 is 0 Å². The van der Waals surface area contributed by atoms with Gasteiger partial charge in [0.25, 0.3) is 0 Å². The topological polar surface area (TPSA) is 81.4 Å². The molecule has 0 radical (unpaired) electrons. The van der Waals surface area contributed by atoms with Crippen molar-refractivity contribution in [1.29, 1.82) is 5.26 Å². The van der Waals surface area contributed by atoms with Crippen molar-refractivity contribution >= 4 is 10.0 Å². The van der Waals surface area contributed by atoms with E-state index in [9.17, 15) is 13.5 Å². The first kappa shape index (κ1) is 13.4. The largest absolute Gasteiger partial charge is 0.393 e. The molecule has 0 aliphatic carbocycles. The summed E-state index contributed by atoms with van der Waals surface area (Å²) in [5.74, 6) is 0.170. The summed E-state index contributed by atoms with van der Waals surface area (Å²) < 4.78 is 25.0. The fraction of sp³-hybridized carbons (Fsp3) is 0.900. The van der Waals surface area contributed by atoms with E-state index in [1.165, 1.54) is 11.2 Å². The van der Waals surface area contributed by atoms with Crippen LogP contribution in [0.1, 0.15) is 26.7 Å². The zero-order valence-electron chi connectivity index (χ0n) is 9.63. The number of aliphatic hydroxyl groups excluding tert-OH is 1. The highest BCUT2D eigenvalue weighted by atomic mass is 32.2. The molecule has 1 aliphatic heterocycles. The number of nitriles is 1. The van der Waals surface area contributed by atoms with E-state index in [1.54, 1.807) is 13.0 Å². The van der Waals surface area contributed by atoms with Gasteiger partial charge in [-0.2, -0.15) is 5.26 Å². The Bertz CT molecular complexity index is 364. The molecule has 2 atom stereocenters. The number of piperidine rings is 1. The maximum absolute atomic E-state index is 11.8. The van der Waals surface area contributed by atoms with Crippen LogP contribution in [0.3, 0.4) is 0 Å². The maximum Gasteiger partial charge on any atom is 0.230 e. The fourth-order valence-electron chi connectivity index (χ4n) is 1.90. The lowest BCUT2D eigenvalue weighted by atomic mass is 9.93. The van der Waals surface area contributed by atoms with Crippen LogP contribution >= 0.6 is 0 Å². The third-order valence-corrected chi connectivity index (χ3v) is 5.25. The summed E-state index contributed by atoms with van der Waals surface area (Å²) in [6.07, 6.45) is 0.933. The van der Waals surface area contributed by atoms with Gasteiger partial charge in [0.15, 0.2) is 5.25 Å². The third-order valence-electron chi connectivity index (χ3n) is 3.17. The van der Waals surface area contributed by atoms with Crippen molar-refractivity contribution in [2.75, 3.05) is 13.1 Å². The monoisotopic (exact) mass is 246 g/mol. The van der Waals surface area contributed by atoms with Gasteiger partial charge in [-0.3, -0.25) is 0 Å². The van der Waals surface area contributed by atoms with Crippen LogP contribution in [-0.2, 0) is 10.0 Å². The molecular formula is C10H18N2O3S. The predicted octanol–water partition coefficient (Wildman–Crippen LogP) is 0.321. The number of sulfonamides is 1. The summed E-state index contributed by atoms with van der Waals surface area (Å²) in [5, 5.41) is 17.1. The molecule has 0 aromatic carbocycles. The highest BCUT2D eigenvalue weighted by Crippen LogP contribution is 2.23. The quantitative estimate of drug-likeness (QED) is 0.777. The van der Waals surface area contributed by atoms with Crippen LogP contribution in [0.5, 0.6) is 0 Å². The molecule has 1 saturated heterocycles. The molecule has 0 aromatic rings. The van der Waals surface area contributed by atoms with Crippen molar-refractivity contribution in [2.45, 2.75) is 38.0 Å². The number of aliphatic hydroxyl groups is 1. The Morgan fingerprint density at radius 1 is 1.38 bits per heavy atom. The molecule has 0 bridgehead atoms. The number of nitrogens with zero attached hydrogens (tertiary/aromatic N) is 2. The van der Waals surface area contributed by atoms with Gasteiger partial charge < -0.3 is 5.11 Å². The van der Waals surface area contributed by atoms with Crippen molar-refractivity contribution in [3.63, 3.8) is 0 Å². The molecule has 1 heterocycles. The van der Waals surface area contributed by atoms with E-state index in [-0.39, 0.29) is 5.92 Å². The molecule has 92 valence electrons. The second-order valence-corrected chi connectivity index (χ2v) is 6.55. The molecule has 6 heteroatoms. The van der Waals surface area contributed by atoms with Crippen molar-refractivity contribution in [3.05, 3.63) is 0 Å². The van der Waals surface area contributed by atoms with Gasteiger partial charge in [0, 0.05) is 13.1 Å². The Morgan fingerprint density at radius 3 is 2.25 bits per heavy atom. The summed E-state index contributed by atoms with van der Waals surface area (Å²) in [4.78, 5) is 0. The van der Waals surface area contributed by atoms with Gasteiger partial charge in [0.2, 0.25) is 10.0 Å². The zero-order valence-corrected chi connectivity index (χ0v) is 10.4. The van der Waals surface area contributed by atoms with Crippen molar-refractivity contribution < 1.29 is 13.5 Å². The van der Waals surface area contributed by atoms with Gasteiger partial charge in [-0.15, -0.1) is 0 Å². The van der Waals surface area contributed by atoms with Crippen molar-refractivity contribution in [1.82, 2.24) is 4.31 Å². The number of hydrogen-bond acceptors (Lipinski definition) is 4. The van der Waals surface area contributed by atoms with Crippen LogP contribution in [0.25, 0.3) is 0 Å². The molecule has 1 fully saturated rings. The Morgan fingerprint density at radius 2 is 1.88 bits per heavy atom. The Labute approximate surface area is 96.7 Å². The maximum atomic E-state index is 11.8. The van der Waals surface area contributed by atoms with Gasteiger partial charge in [0.1, 0.15) is 0 Å². The Kier molecular flexibility index (Phi) is 4.30. The molecule has 1 aliphatic rings. The highest BCUT2D eigenvalue weighted by Gasteiger charge is 2.33. The van der Waals surface area contributed by atoms with Crippen LogP contribution in [0.15, 0.2) is 0 Å². The van der Waals surface area contributed by atoms with Crippen LogP contribution in [0.2, 0.25) is 0 Å². The molecular weight excluding hydrogens is 228 g/mol. The molecule has 0 aromatic heterocycles. The summed E-state index contributed by atoms with van der Waals surface area (Å²) in [6, 6.07) is 1.76. The Balaban J connectivity index is 2.65. The SMILES string of the molecule is CC(O)C1CCN(S(=O)(=O)C(C)C#N)CC1. The summed E-state index contributed by atoms with van der Waals surface area (Å²) >= 11 is 0. The van der Waals surface area contributed by atoms with E-state index in [1.807, 2.05) is 0 Å². The first-order valence-electron chi connectivity index (χ1n) is 5.46. The second kappa shape index (κ2) is 5.13. The van der Waals surface area contributed by atoms with E-state index >= 15 is 0 Å². The summed E-state index contributed by atoms with van der Waals surface area (Å²) in [5.41, 5.74) is 0. The standard InChI is InChI=1S/C10H18N2O3S/c1-8(7-11)16(14,15)12-5-3-10(4-6-12)9(2)13/h8-10,13H,3-6H2,1-2H3. The summed E-state index contributed by atoms with van der Waals surface area (Å²) in [6.45, 7) is 3.94. The fourth-order valence-corrected chi connectivity index (χ4v) is 3.20. The lowest BCUT2D eigenvalue weighted by Gasteiger charge is -2.32. The van der Waals surface area contributed by atoms with E-state index in [0.29, 0.717) is 25.9 Å². The molecule has 2 unspecified atom stereocenters. The van der Waals surface area contributed by atoms with E-state index in [2.05, 4.69) is 0 Å².